The third-order valence-electron chi connectivity index (χ3n) is 4.82. The molecule has 2 atom stereocenters. The van der Waals surface area contributed by atoms with Crippen molar-refractivity contribution in [1.82, 2.24) is 15.3 Å². The molecule has 1 saturated heterocycles. The highest BCUT2D eigenvalue weighted by Gasteiger charge is 2.41. The first-order valence-corrected chi connectivity index (χ1v) is 10.1. The van der Waals surface area contributed by atoms with E-state index in [9.17, 15) is 4.79 Å². The number of benzene rings is 1. The molecule has 9 heteroatoms. The summed E-state index contributed by atoms with van der Waals surface area (Å²) in [6.45, 7) is -0.0428. The van der Waals surface area contributed by atoms with E-state index in [1.54, 1.807) is 18.3 Å². The zero-order chi connectivity index (χ0) is 21.1. The van der Waals surface area contributed by atoms with E-state index in [4.69, 9.17) is 28.6 Å². The maximum absolute atomic E-state index is 11.8. The molecule has 0 unspecified atom stereocenters. The lowest BCUT2D eigenvalue weighted by molar-refractivity contribution is -0.119. The quantitative estimate of drug-likeness (QED) is 0.504. The lowest BCUT2D eigenvalue weighted by Gasteiger charge is -2.27. The highest BCUT2D eigenvalue weighted by atomic mass is 35.5. The van der Waals surface area contributed by atoms with Crippen molar-refractivity contribution in [2.45, 2.75) is 12.1 Å². The van der Waals surface area contributed by atoms with Gasteiger partial charge in [-0.25, -0.2) is 0 Å². The van der Waals surface area contributed by atoms with Crippen molar-refractivity contribution in [1.29, 1.82) is 0 Å². The molecule has 3 aromatic rings. The minimum atomic E-state index is -0.273. The summed E-state index contributed by atoms with van der Waals surface area (Å²) < 4.78 is 4.85. The number of amides is 1. The Hall–Kier alpha value is -2.94. The van der Waals surface area contributed by atoms with Gasteiger partial charge < -0.3 is 25.3 Å². The maximum atomic E-state index is 11.8. The molecule has 1 aliphatic heterocycles. The third-order valence-corrected chi connectivity index (χ3v) is 5.45. The molecule has 2 aromatic heterocycles. The van der Waals surface area contributed by atoms with Gasteiger partial charge in [0.2, 0.25) is 5.91 Å². The molecule has 0 saturated carbocycles. The number of anilines is 2. The number of H-pyrrole nitrogens is 1. The summed E-state index contributed by atoms with van der Waals surface area (Å²) >= 11 is 12.1. The van der Waals surface area contributed by atoms with E-state index in [-0.39, 0.29) is 24.6 Å². The highest BCUT2D eigenvalue weighted by Crippen LogP contribution is 2.42. The predicted octanol–water partition coefficient (Wildman–Crippen LogP) is 3.83. The minimum absolute atomic E-state index is 0.0428. The molecule has 1 aromatic carbocycles. The van der Waals surface area contributed by atoms with Crippen LogP contribution in [0, 0.1) is 0 Å². The average Bonchev–Trinajstić information content (AvgIpc) is 3.38. The van der Waals surface area contributed by atoms with Crippen LogP contribution in [0.15, 0.2) is 60.9 Å². The van der Waals surface area contributed by atoms with Crippen LogP contribution in [0.2, 0.25) is 5.02 Å². The van der Waals surface area contributed by atoms with Gasteiger partial charge in [-0.15, -0.1) is 0 Å². The normalized spacial score (nSPS) is 18.3. The van der Waals surface area contributed by atoms with Gasteiger partial charge in [-0.2, -0.15) is 0 Å². The predicted molar refractivity (Wildman–Crippen MR) is 121 cm³/mol. The smallest absolute Gasteiger partial charge is 0.250 e. The number of hydrogen-bond acceptors (Lipinski definition) is 4. The van der Waals surface area contributed by atoms with Crippen molar-refractivity contribution < 1.29 is 9.53 Å². The lowest BCUT2D eigenvalue weighted by atomic mass is 10.0. The Morgan fingerprint density at radius 3 is 2.83 bits per heavy atom. The number of nitrogens with one attached hydrogen (secondary N) is 3. The van der Waals surface area contributed by atoms with Gasteiger partial charge in [0.05, 0.1) is 22.4 Å². The van der Waals surface area contributed by atoms with Crippen molar-refractivity contribution in [3.8, 4) is 0 Å². The largest absolute Gasteiger partial charge is 0.375 e. The number of halogens is 1. The van der Waals surface area contributed by atoms with E-state index < -0.39 is 0 Å². The van der Waals surface area contributed by atoms with Crippen LogP contribution in [-0.2, 0) is 9.53 Å². The Balaban J connectivity index is 1.69. The number of aromatic amines is 1. The fourth-order valence-electron chi connectivity index (χ4n) is 3.55. The first kappa shape index (κ1) is 20.3. The second kappa shape index (κ2) is 8.83. The maximum Gasteiger partial charge on any atom is 0.250 e. The van der Waals surface area contributed by atoms with Gasteiger partial charge in [-0.1, -0.05) is 17.7 Å². The van der Waals surface area contributed by atoms with E-state index >= 15 is 0 Å². The number of aromatic nitrogens is 2. The summed E-state index contributed by atoms with van der Waals surface area (Å²) in [7, 11) is 1.46. The van der Waals surface area contributed by atoms with Crippen LogP contribution in [0.3, 0.4) is 0 Å². The van der Waals surface area contributed by atoms with E-state index in [1.165, 1.54) is 7.11 Å². The SMILES string of the molecule is COCC(=O)Nc1ccc(N2C(=S)N[C@@H](c3ccccn3)[C@@H]2c2ccc[nH]2)cc1Cl. The first-order chi connectivity index (χ1) is 14.6. The number of nitrogens with zero attached hydrogens (tertiary/aromatic N) is 2. The summed E-state index contributed by atoms with van der Waals surface area (Å²) in [6.07, 6.45) is 3.65. The summed E-state index contributed by atoms with van der Waals surface area (Å²) in [4.78, 5) is 21.6. The van der Waals surface area contributed by atoms with E-state index in [0.717, 1.165) is 17.1 Å². The molecule has 1 fully saturated rings. The summed E-state index contributed by atoms with van der Waals surface area (Å²) in [5.41, 5.74) is 3.20. The number of ether oxygens (including phenoxy) is 1. The van der Waals surface area contributed by atoms with Gasteiger partial charge in [0.1, 0.15) is 12.6 Å². The van der Waals surface area contributed by atoms with Gasteiger partial charge in [0.15, 0.2) is 5.11 Å². The van der Waals surface area contributed by atoms with Crippen LogP contribution in [0.1, 0.15) is 23.5 Å². The van der Waals surface area contributed by atoms with Gasteiger partial charge in [-0.05, 0) is 54.7 Å². The van der Waals surface area contributed by atoms with Crippen LogP contribution < -0.4 is 15.5 Å². The molecule has 3 heterocycles. The summed E-state index contributed by atoms with van der Waals surface area (Å²) in [5, 5.41) is 7.10. The van der Waals surface area contributed by atoms with Gasteiger partial charge in [0, 0.05) is 30.9 Å². The molecule has 4 rings (SSSR count). The molecule has 1 amide bonds. The third kappa shape index (κ3) is 4.02. The van der Waals surface area contributed by atoms with E-state index in [0.29, 0.717) is 15.8 Å². The van der Waals surface area contributed by atoms with Gasteiger partial charge in [0.25, 0.3) is 0 Å². The zero-order valence-electron chi connectivity index (χ0n) is 16.1. The number of carbonyl (C=O) groups is 1. The number of rotatable bonds is 6. The second-order valence-corrected chi connectivity index (χ2v) is 7.56. The Labute approximate surface area is 184 Å². The molecule has 3 N–H and O–H groups in total. The zero-order valence-corrected chi connectivity index (χ0v) is 17.7. The molecule has 0 spiro atoms. The van der Waals surface area contributed by atoms with Gasteiger partial charge in [-0.3, -0.25) is 9.78 Å². The molecular weight excluding hydrogens is 422 g/mol. The Bertz CT molecular complexity index is 1040. The summed E-state index contributed by atoms with van der Waals surface area (Å²) in [5.74, 6) is -0.273. The Morgan fingerprint density at radius 1 is 1.30 bits per heavy atom. The molecule has 30 heavy (non-hydrogen) atoms. The minimum Gasteiger partial charge on any atom is -0.375 e. The van der Waals surface area contributed by atoms with Crippen molar-refractivity contribution in [2.24, 2.45) is 0 Å². The topological polar surface area (TPSA) is 82.3 Å². The molecule has 154 valence electrons. The molecule has 0 bridgehead atoms. The van der Waals surface area contributed by atoms with Crippen LogP contribution in [0.5, 0.6) is 0 Å². The van der Waals surface area contributed by atoms with Crippen molar-refractivity contribution >= 4 is 46.2 Å². The van der Waals surface area contributed by atoms with Crippen LogP contribution in [0.4, 0.5) is 11.4 Å². The lowest BCUT2D eigenvalue weighted by Crippen LogP contribution is -2.29. The van der Waals surface area contributed by atoms with Crippen LogP contribution in [0.25, 0.3) is 0 Å². The fraction of sp³-hybridized carbons (Fsp3) is 0.190. The van der Waals surface area contributed by atoms with E-state index in [2.05, 4.69) is 20.6 Å². The highest BCUT2D eigenvalue weighted by molar-refractivity contribution is 7.80. The second-order valence-electron chi connectivity index (χ2n) is 6.77. The van der Waals surface area contributed by atoms with E-state index in [1.807, 2.05) is 47.5 Å². The number of carbonyl (C=O) groups excluding carboxylic acids is 1. The summed E-state index contributed by atoms with van der Waals surface area (Å²) in [6, 6.07) is 14.9. The standard InChI is InChI=1S/C21H20ClN5O2S/c1-29-12-18(28)25-15-8-7-13(11-14(15)22)27-20(17-6-4-10-24-17)19(26-21(27)30)16-5-2-3-9-23-16/h2-11,19-20,24H,12H2,1H3,(H,25,28)(H,26,30)/t19-,20-/m0/s1. The monoisotopic (exact) mass is 441 g/mol. The van der Waals surface area contributed by atoms with Crippen LogP contribution >= 0.6 is 23.8 Å². The van der Waals surface area contributed by atoms with Crippen molar-refractivity contribution in [3.63, 3.8) is 0 Å². The van der Waals surface area contributed by atoms with Gasteiger partial charge >= 0.3 is 0 Å². The van der Waals surface area contributed by atoms with Crippen molar-refractivity contribution in [3.05, 3.63) is 77.3 Å². The Kier molecular flexibility index (Phi) is 5.98. The molecule has 0 aliphatic carbocycles. The molecule has 7 nitrogen and oxygen atoms in total. The van der Waals surface area contributed by atoms with Crippen LogP contribution in [-0.4, -0.2) is 34.7 Å². The number of pyridine rings is 1. The fourth-order valence-corrected chi connectivity index (χ4v) is 4.12. The van der Waals surface area contributed by atoms with Crippen molar-refractivity contribution in [2.75, 3.05) is 23.9 Å². The Morgan fingerprint density at radius 2 is 2.17 bits per heavy atom. The molecular formula is C21H20ClN5O2S. The average molecular weight is 442 g/mol. The first-order valence-electron chi connectivity index (χ1n) is 9.31. The molecule has 1 aliphatic rings. The number of hydrogen-bond donors (Lipinski definition) is 3. The number of methoxy groups -OCH3 is 1. The molecule has 0 radical (unpaired) electrons. The number of thiocarbonyl (C=S) groups is 1.